The number of fused-ring (bicyclic) bond motifs is 1. The molecule has 3 heteroatoms. The third-order valence-corrected chi connectivity index (χ3v) is 3.47. The minimum Gasteiger partial charge on any atom is -0.374 e. The topological polar surface area (TPSA) is 21.1 Å². The van der Waals surface area contributed by atoms with E-state index in [0.717, 1.165) is 6.54 Å². The highest BCUT2D eigenvalue weighted by molar-refractivity contribution is 5.70. The summed E-state index contributed by atoms with van der Waals surface area (Å²) in [7, 11) is 4.12. The monoisotopic (exact) mass is 257 g/mol. The lowest BCUT2D eigenvalue weighted by molar-refractivity contribution is 0.745. The molecule has 3 rings (SSSR count). The molecule has 0 N–H and O–H groups in total. The van der Waals surface area contributed by atoms with Gasteiger partial charge in [0.05, 0.1) is 6.20 Å². The van der Waals surface area contributed by atoms with Gasteiger partial charge in [0.25, 0.3) is 0 Å². The van der Waals surface area contributed by atoms with Gasteiger partial charge in [-0.1, -0.05) is 26.0 Å². The Kier molecular flexibility index (Phi) is 4.25. The van der Waals surface area contributed by atoms with Crippen LogP contribution in [0.3, 0.4) is 0 Å². The van der Waals surface area contributed by atoms with Crippen LogP contribution in [0.2, 0.25) is 0 Å². The van der Waals surface area contributed by atoms with Crippen LogP contribution >= 0.6 is 0 Å². The summed E-state index contributed by atoms with van der Waals surface area (Å²) < 4.78 is 1.85. The Bertz CT molecular complexity index is 543. The molecule has 19 heavy (non-hydrogen) atoms. The van der Waals surface area contributed by atoms with Gasteiger partial charge in [-0.15, -0.1) is 0 Å². The van der Waals surface area contributed by atoms with Gasteiger partial charge in [-0.3, -0.25) is 4.68 Å². The minimum absolute atomic E-state index is 1.16. The van der Waals surface area contributed by atoms with Gasteiger partial charge in [-0.05, 0) is 30.0 Å². The molecule has 102 valence electrons. The standard InChI is InChI=1S/C14H17N3.C2H6/c1-16-7-3-4-11-5-6-12(8-14(11)16)13-9-15-17(2)10-13;1-2/h5-6,8-10H,3-4,7H2,1-2H3;1-2H3. The van der Waals surface area contributed by atoms with Crippen molar-refractivity contribution in [1.29, 1.82) is 0 Å². The van der Waals surface area contributed by atoms with Crippen LogP contribution in [-0.2, 0) is 13.5 Å². The van der Waals surface area contributed by atoms with Crippen molar-refractivity contribution in [2.24, 2.45) is 7.05 Å². The zero-order valence-electron chi connectivity index (χ0n) is 12.3. The fourth-order valence-corrected chi connectivity index (χ4v) is 2.51. The molecule has 3 nitrogen and oxygen atoms in total. The predicted octanol–water partition coefficient (Wildman–Crippen LogP) is 3.50. The summed E-state index contributed by atoms with van der Waals surface area (Å²) in [6.45, 7) is 5.16. The highest BCUT2D eigenvalue weighted by atomic mass is 15.2. The van der Waals surface area contributed by atoms with Crippen molar-refractivity contribution in [3.63, 3.8) is 0 Å². The van der Waals surface area contributed by atoms with Crippen LogP contribution in [0.1, 0.15) is 25.8 Å². The number of benzene rings is 1. The third kappa shape index (κ3) is 2.80. The molecule has 0 bridgehead atoms. The van der Waals surface area contributed by atoms with Gasteiger partial charge in [-0.25, -0.2) is 0 Å². The molecule has 0 aliphatic carbocycles. The Balaban J connectivity index is 0.000000637. The largest absolute Gasteiger partial charge is 0.374 e. The molecule has 0 saturated heterocycles. The maximum absolute atomic E-state index is 4.23. The average Bonchev–Trinajstić information content (AvgIpc) is 2.88. The maximum Gasteiger partial charge on any atom is 0.0568 e. The molecule has 1 aliphatic rings. The molecule has 2 aromatic rings. The first-order valence-corrected chi connectivity index (χ1v) is 7.07. The van der Waals surface area contributed by atoms with Crippen molar-refractivity contribution >= 4 is 5.69 Å². The Hall–Kier alpha value is -1.77. The summed E-state index contributed by atoms with van der Waals surface area (Å²) in [5, 5.41) is 4.23. The van der Waals surface area contributed by atoms with Crippen LogP contribution in [0.25, 0.3) is 11.1 Å². The number of nitrogens with zero attached hydrogens (tertiary/aromatic N) is 3. The number of hydrogen-bond donors (Lipinski definition) is 0. The normalized spacial score (nSPS) is 13.6. The van der Waals surface area contributed by atoms with Crippen molar-refractivity contribution in [1.82, 2.24) is 9.78 Å². The number of anilines is 1. The van der Waals surface area contributed by atoms with Crippen molar-refractivity contribution in [3.05, 3.63) is 36.2 Å². The van der Waals surface area contributed by atoms with E-state index in [1.165, 1.54) is 35.2 Å². The first-order valence-electron chi connectivity index (χ1n) is 7.07. The minimum atomic E-state index is 1.16. The van der Waals surface area contributed by atoms with Gasteiger partial charge in [-0.2, -0.15) is 5.10 Å². The zero-order valence-corrected chi connectivity index (χ0v) is 12.3. The Morgan fingerprint density at radius 3 is 2.58 bits per heavy atom. The summed E-state index contributed by atoms with van der Waals surface area (Å²) >= 11 is 0. The third-order valence-electron chi connectivity index (χ3n) is 3.47. The second-order valence-corrected chi connectivity index (χ2v) is 4.77. The zero-order chi connectivity index (χ0) is 13.8. The molecule has 0 unspecified atom stereocenters. The second kappa shape index (κ2) is 5.91. The van der Waals surface area contributed by atoms with E-state index in [4.69, 9.17) is 0 Å². The molecule has 0 amide bonds. The van der Waals surface area contributed by atoms with Crippen LogP contribution in [0, 0.1) is 0 Å². The summed E-state index contributed by atoms with van der Waals surface area (Å²) in [5.74, 6) is 0. The van der Waals surface area contributed by atoms with Crippen LogP contribution in [0.5, 0.6) is 0 Å². The van der Waals surface area contributed by atoms with Gasteiger partial charge in [0.15, 0.2) is 0 Å². The first kappa shape index (κ1) is 13.7. The summed E-state index contributed by atoms with van der Waals surface area (Å²) in [5.41, 5.74) is 5.28. The van der Waals surface area contributed by atoms with Crippen molar-refractivity contribution in [3.8, 4) is 11.1 Å². The molecular weight excluding hydrogens is 234 g/mol. The second-order valence-electron chi connectivity index (χ2n) is 4.77. The smallest absolute Gasteiger partial charge is 0.0568 e. The van der Waals surface area contributed by atoms with Gasteiger partial charge < -0.3 is 4.90 Å². The Labute approximate surface area is 115 Å². The van der Waals surface area contributed by atoms with Gasteiger partial charge in [0.1, 0.15) is 0 Å². The lowest BCUT2D eigenvalue weighted by Crippen LogP contribution is -2.24. The van der Waals surface area contributed by atoms with E-state index in [0.29, 0.717) is 0 Å². The van der Waals surface area contributed by atoms with E-state index >= 15 is 0 Å². The SMILES string of the molecule is CC.CN1CCCc2ccc(-c3cnn(C)c3)cc21. The predicted molar refractivity (Wildman–Crippen MR) is 81.6 cm³/mol. The quantitative estimate of drug-likeness (QED) is 0.779. The highest BCUT2D eigenvalue weighted by Gasteiger charge is 2.14. The molecule has 0 spiro atoms. The lowest BCUT2D eigenvalue weighted by atomic mass is 9.98. The van der Waals surface area contributed by atoms with E-state index in [1.807, 2.05) is 31.8 Å². The maximum atomic E-state index is 4.23. The number of hydrogen-bond acceptors (Lipinski definition) is 2. The molecule has 1 aromatic carbocycles. The van der Waals surface area contributed by atoms with E-state index < -0.39 is 0 Å². The fraction of sp³-hybridized carbons (Fsp3) is 0.438. The summed E-state index contributed by atoms with van der Waals surface area (Å²) in [6, 6.07) is 6.74. The van der Waals surface area contributed by atoms with Crippen molar-refractivity contribution < 1.29 is 0 Å². The summed E-state index contributed by atoms with van der Waals surface area (Å²) in [6.07, 6.45) is 6.44. The highest BCUT2D eigenvalue weighted by Crippen LogP contribution is 2.30. The molecule has 0 saturated carbocycles. The van der Waals surface area contributed by atoms with Gasteiger partial charge >= 0.3 is 0 Å². The van der Waals surface area contributed by atoms with Gasteiger partial charge in [0, 0.05) is 38.1 Å². The van der Waals surface area contributed by atoms with Gasteiger partial charge in [0.2, 0.25) is 0 Å². The Morgan fingerprint density at radius 1 is 1.11 bits per heavy atom. The van der Waals surface area contributed by atoms with Crippen molar-refractivity contribution in [2.75, 3.05) is 18.5 Å². The first-order chi connectivity index (χ1) is 9.24. The molecule has 0 fully saturated rings. The van der Waals surface area contributed by atoms with Crippen molar-refractivity contribution in [2.45, 2.75) is 26.7 Å². The van der Waals surface area contributed by atoms with E-state index in [9.17, 15) is 0 Å². The fourth-order valence-electron chi connectivity index (χ4n) is 2.51. The average molecular weight is 257 g/mol. The number of aryl methyl sites for hydroxylation is 2. The lowest BCUT2D eigenvalue weighted by Gasteiger charge is -2.27. The van der Waals surface area contributed by atoms with E-state index in [2.05, 4.69) is 41.4 Å². The summed E-state index contributed by atoms with van der Waals surface area (Å²) in [4.78, 5) is 2.35. The molecule has 2 heterocycles. The molecule has 1 aliphatic heterocycles. The molecule has 1 aromatic heterocycles. The Morgan fingerprint density at radius 2 is 1.89 bits per heavy atom. The van der Waals surface area contributed by atoms with E-state index in [-0.39, 0.29) is 0 Å². The van der Waals surface area contributed by atoms with Crippen LogP contribution in [0.15, 0.2) is 30.6 Å². The van der Waals surface area contributed by atoms with Crippen LogP contribution < -0.4 is 4.90 Å². The van der Waals surface area contributed by atoms with Crippen LogP contribution in [0.4, 0.5) is 5.69 Å². The molecule has 0 atom stereocenters. The van der Waals surface area contributed by atoms with Crippen LogP contribution in [-0.4, -0.2) is 23.4 Å². The number of rotatable bonds is 1. The van der Waals surface area contributed by atoms with E-state index in [1.54, 1.807) is 0 Å². The number of aromatic nitrogens is 2. The molecule has 0 radical (unpaired) electrons. The molecular formula is C16H23N3.